The number of likely N-dealkylation sites (tertiary alicyclic amines) is 1. The van der Waals surface area contributed by atoms with E-state index in [0.717, 1.165) is 24.2 Å². The van der Waals surface area contributed by atoms with E-state index >= 15 is 0 Å². The Bertz CT molecular complexity index is 518. The fourth-order valence-corrected chi connectivity index (χ4v) is 2.43. The first-order valence-electron chi connectivity index (χ1n) is 6.68. The number of para-hydroxylation sites is 1. The van der Waals surface area contributed by atoms with Crippen molar-refractivity contribution in [2.75, 3.05) is 20.2 Å². The molecule has 106 valence electrons. The smallest absolute Gasteiger partial charge is 0.227 e. The molecule has 0 aliphatic carbocycles. The third kappa shape index (κ3) is 3.42. The topological polar surface area (TPSA) is 78.3 Å². The molecule has 0 saturated carbocycles. The molecule has 0 aromatic heterocycles. The van der Waals surface area contributed by atoms with Crippen molar-refractivity contribution in [1.82, 2.24) is 4.90 Å². The number of rotatable bonds is 4. The fourth-order valence-electron chi connectivity index (χ4n) is 2.43. The molecular formula is C14H18N4O2. The number of methoxy groups -OCH3 is 1. The number of azide groups is 1. The van der Waals surface area contributed by atoms with Crippen molar-refractivity contribution in [1.29, 1.82) is 0 Å². The highest BCUT2D eigenvalue weighted by atomic mass is 16.5. The minimum atomic E-state index is 0.0234. The quantitative estimate of drug-likeness (QED) is 0.480. The summed E-state index contributed by atoms with van der Waals surface area (Å²) < 4.78 is 5.26. The molecule has 1 heterocycles. The second kappa shape index (κ2) is 6.82. The van der Waals surface area contributed by atoms with Crippen molar-refractivity contribution in [3.8, 4) is 5.75 Å². The zero-order chi connectivity index (χ0) is 14.4. The van der Waals surface area contributed by atoms with Gasteiger partial charge in [-0.3, -0.25) is 4.79 Å². The molecule has 0 spiro atoms. The Morgan fingerprint density at radius 2 is 2.15 bits per heavy atom. The van der Waals surface area contributed by atoms with E-state index in [-0.39, 0.29) is 11.9 Å². The number of hydrogen-bond donors (Lipinski definition) is 0. The Hall–Kier alpha value is -2.20. The molecule has 1 aliphatic heterocycles. The molecule has 1 saturated heterocycles. The molecule has 1 amide bonds. The highest BCUT2D eigenvalue weighted by Crippen LogP contribution is 2.20. The number of hydrogen-bond acceptors (Lipinski definition) is 3. The molecule has 0 unspecified atom stereocenters. The lowest BCUT2D eigenvalue weighted by Crippen LogP contribution is -2.40. The van der Waals surface area contributed by atoms with Gasteiger partial charge in [-0.15, -0.1) is 0 Å². The van der Waals surface area contributed by atoms with Gasteiger partial charge in [0.25, 0.3) is 0 Å². The molecule has 6 heteroatoms. The van der Waals surface area contributed by atoms with Crippen LogP contribution in [0.25, 0.3) is 10.4 Å². The van der Waals surface area contributed by atoms with E-state index in [2.05, 4.69) is 10.0 Å². The first-order valence-corrected chi connectivity index (χ1v) is 6.68. The summed E-state index contributed by atoms with van der Waals surface area (Å²) in [5.41, 5.74) is 9.31. The summed E-state index contributed by atoms with van der Waals surface area (Å²) in [7, 11) is 1.61. The predicted molar refractivity (Wildman–Crippen MR) is 75.4 cm³/mol. The van der Waals surface area contributed by atoms with Crippen LogP contribution in [0.1, 0.15) is 18.4 Å². The van der Waals surface area contributed by atoms with Crippen LogP contribution in [0.15, 0.2) is 29.4 Å². The second-order valence-corrected chi connectivity index (χ2v) is 4.81. The van der Waals surface area contributed by atoms with E-state index in [1.807, 2.05) is 29.2 Å². The summed E-state index contributed by atoms with van der Waals surface area (Å²) in [6.45, 7) is 1.30. The molecule has 2 rings (SSSR count). The number of nitrogens with zero attached hydrogens (tertiary/aromatic N) is 4. The van der Waals surface area contributed by atoms with Crippen LogP contribution in [0, 0.1) is 0 Å². The van der Waals surface area contributed by atoms with Crippen molar-refractivity contribution in [2.24, 2.45) is 5.11 Å². The van der Waals surface area contributed by atoms with Crippen LogP contribution >= 0.6 is 0 Å². The third-order valence-corrected chi connectivity index (χ3v) is 3.57. The highest BCUT2D eigenvalue weighted by molar-refractivity contribution is 5.79. The van der Waals surface area contributed by atoms with Crippen molar-refractivity contribution < 1.29 is 9.53 Å². The van der Waals surface area contributed by atoms with Gasteiger partial charge in [-0.25, -0.2) is 0 Å². The van der Waals surface area contributed by atoms with Gasteiger partial charge in [0, 0.05) is 29.6 Å². The zero-order valence-corrected chi connectivity index (χ0v) is 11.5. The maximum absolute atomic E-state index is 12.3. The molecule has 0 radical (unpaired) electrons. The van der Waals surface area contributed by atoms with E-state index in [0.29, 0.717) is 19.5 Å². The van der Waals surface area contributed by atoms with Crippen LogP contribution in [0.2, 0.25) is 0 Å². The van der Waals surface area contributed by atoms with Gasteiger partial charge in [-0.05, 0) is 24.4 Å². The minimum absolute atomic E-state index is 0.0234. The number of benzene rings is 1. The summed E-state index contributed by atoms with van der Waals surface area (Å²) in [5.74, 6) is 0.832. The Labute approximate surface area is 118 Å². The molecular weight excluding hydrogens is 256 g/mol. The Balaban J connectivity index is 1.94. The van der Waals surface area contributed by atoms with E-state index < -0.39 is 0 Å². The molecule has 1 aliphatic rings. The lowest BCUT2D eigenvalue weighted by molar-refractivity contribution is -0.131. The second-order valence-electron chi connectivity index (χ2n) is 4.81. The van der Waals surface area contributed by atoms with Gasteiger partial charge in [0.05, 0.1) is 13.5 Å². The van der Waals surface area contributed by atoms with Gasteiger partial charge in [-0.2, -0.15) is 0 Å². The number of amides is 1. The molecule has 0 N–H and O–H groups in total. The molecule has 6 nitrogen and oxygen atoms in total. The standard InChI is InChI=1S/C14H18N4O2/c1-20-13-5-3-2-4-11(13)10-14(19)18-8-6-12(7-9-18)16-17-15/h2-5,12H,6-10H2,1H3. The Kier molecular flexibility index (Phi) is 4.85. The van der Waals surface area contributed by atoms with Crippen LogP contribution in [-0.2, 0) is 11.2 Å². The monoisotopic (exact) mass is 274 g/mol. The zero-order valence-electron chi connectivity index (χ0n) is 11.5. The van der Waals surface area contributed by atoms with Crippen LogP contribution in [0.3, 0.4) is 0 Å². The first kappa shape index (κ1) is 14.2. The lowest BCUT2D eigenvalue weighted by Gasteiger charge is -2.30. The highest BCUT2D eigenvalue weighted by Gasteiger charge is 2.22. The van der Waals surface area contributed by atoms with Crippen molar-refractivity contribution in [3.05, 3.63) is 40.3 Å². The van der Waals surface area contributed by atoms with Gasteiger partial charge in [-0.1, -0.05) is 23.3 Å². The largest absolute Gasteiger partial charge is 0.496 e. The van der Waals surface area contributed by atoms with Crippen LogP contribution in [-0.4, -0.2) is 37.0 Å². The number of carbonyl (C=O) groups is 1. The van der Waals surface area contributed by atoms with E-state index in [1.54, 1.807) is 7.11 Å². The maximum Gasteiger partial charge on any atom is 0.227 e. The summed E-state index contributed by atoms with van der Waals surface area (Å²) in [6, 6.07) is 7.58. The van der Waals surface area contributed by atoms with Crippen molar-refractivity contribution in [3.63, 3.8) is 0 Å². The summed E-state index contributed by atoms with van der Waals surface area (Å²) in [6.07, 6.45) is 1.82. The summed E-state index contributed by atoms with van der Waals surface area (Å²) in [4.78, 5) is 16.9. The third-order valence-electron chi connectivity index (χ3n) is 3.57. The van der Waals surface area contributed by atoms with E-state index in [4.69, 9.17) is 10.3 Å². The average molecular weight is 274 g/mol. The van der Waals surface area contributed by atoms with Crippen molar-refractivity contribution >= 4 is 5.91 Å². The first-order chi connectivity index (χ1) is 9.74. The van der Waals surface area contributed by atoms with Crippen molar-refractivity contribution in [2.45, 2.75) is 25.3 Å². The number of piperidine rings is 1. The average Bonchev–Trinajstić information content (AvgIpc) is 2.49. The molecule has 0 bridgehead atoms. The molecule has 1 aromatic carbocycles. The van der Waals surface area contributed by atoms with Gasteiger partial charge in [0.2, 0.25) is 5.91 Å². The van der Waals surface area contributed by atoms with Crippen LogP contribution in [0.5, 0.6) is 5.75 Å². The number of carbonyl (C=O) groups excluding carboxylic acids is 1. The summed E-state index contributed by atoms with van der Waals surface area (Å²) in [5, 5.41) is 3.71. The van der Waals surface area contributed by atoms with E-state index in [1.165, 1.54) is 0 Å². The fraction of sp³-hybridized carbons (Fsp3) is 0.500. The maximum atomic E-state index is 12.3. The normalized spacial score (nSPS) is 15.6. The Morgan fingerprint density at radius 3 is 2.80 bits per heavy atom. The van der Waals surface area contributed by atoms with Gasteiger partial charge >= 0.3 is 0 Å². The van der Waals surface area contributed by atoms with Crippen LogP contribution in [0.4, 0.5) is 0 Å². The SMILES string of the molecule is COc1ccccc1CC(=O)N1CCC(N=[N+]=[N-])CC1. The predicted octanol–water partition coefficient (Wildman–Crippen LogP) is 2.54. The van der Waals surface area contributed by atoms with Gasteiger partial charge < -0.3 is 9.64 Å². The lowest BCUT2D eigenvalue weighted by atomic mass is 10.0. The minimum Gasteiger partial charge on any atom is -0.496 e. The molecule has 20 heavy (non-hydrogen) atoms. The molecule has 0 atom stereocenters. The Morgan fingerprint density at radius 1 is 1.45 bits per heavy atom. The molecule has 1 aromatic rings. The van der Waals surface area contributed by atoms with Gasteiger partial charge in [0.1, 0.15) is 5.75 Å². The van der Waals surface area contributed by atoms with Crippen LogP contribution < -0.4 is 4.74 Å². The number of ether oxygens (including phenoxy) is 1. The molecule has 1 fully saturated rings. The van der Waals surface area contributed by atoms with Gasteiger partial charge in [0.15, 0.2) is 0 Å². The summed E-state index contributed by atoms with van der Waals surface area (Å²) >= 11 is 0. The van der Waals surface area contributed by atoms with E-state index in [9.17, 15) is 4.79 Å².